The predicted molar refractivity (Wildman–Crippen MR) is 90.2 cm³/mol. The maximum absolute atomic E-state index is 12.7. The Labute approximate surface area is 144 Å². The minimum Gasteiger partial charge on any atom is -0.434 e. The molecule has 0 spiro atoms. The highest BCUT2D eigenvalue weighted by Gasteiger charge is 2.25. The quantitative estimate of drug-likeness (QED) is 0.853. The van der Waals surface area contributed by atoms with Gasteiger partial charge in [0.2, 0.25) is 0 Å². The van der Waals surface area contributed by atoms with E-state index in [1.807, 2.05) is 25.1 Å². The number of nitrogens with zero attached hydrogens (tertiary/aromatic N) is 3. The molecule has 1 aromatic heterocycles. The van der Waals surface area contributed by atoms with Gasteiger partial charge in [-0.1, -0.05) is 18.2 Å². The third kappa shape index (κ3) is 4.04. The third-order valence-electron chi connectivity index (χ3n) is 4.10. The maximum Gasteiger partial charge on any atom is 0.387 e. The number of hydrogen-bond donors (Lipinski definition) is 0. The van der Waals surface area contributed by atoms with E-state index < -0.39 is 6.61 Å². The first-order valence-electron chi connectivity index (χ1n) is 8.06. The van der Waals surface area contributed by atoms with Crippen LogP contribution in [0, 0.1) is 6.92 Å². The van der Waals surface area contributed by atoms with E-state index in [4.69, 9.17) is 0 Å². The molecule has 132 valence electrons. The summed E-state index contributed by atoms with van der Waals surface area (Å²) in [6.07, 6.45) is 0. The molecule has 1 amide bonds. The van der Waals surface area contributed by atoms with Crippen molar-refractivity contribution >= 4 is 11.7 Å². The minimum atomic E-state index is -2.96. The Morgan fingerprint density at radius 1 is 1.08 bits per heavy atom. The molecular weight excluding hydrogens is 328 g/mol. The number of halogens is 2. The smallest absolute Gasteiger partial charge is 0.387 e. The van der Waals surface area contributed by atoms with Gasteiger partial charge in [-0.2, -0.15) is 8.78 Å². The number of anilines is 1. The van der Waals surface area contributed by atoms with Crippen molar-refractivity contribution in [1.29, 1.82) is 0 Å². The average Bonchev–Trinajstić information content (AvgIpc) is 2.61. The van der Waals surface area contributed by atoms with Crippen LogP contribution in [-0.4, -0.2) is 48.6 Å². The van der Waals surface area contributed by atoms with Gasteiger partial charge in [0, 0.05) is 31.9 Å². The molecule has 0 N–H and O–H groups in total. The molecule has 0 aliphatic carbocycles. The van der Waals surface area contributed by atoms with Gasteiger partial charge < -0.3 is 14.5 Å². The molecule has 2 heterocycles. The summed E-state index contributed by atoms with van der Waals surface area (Å²) >= 11 is 0. The van der Waals surface area contributed by atoms with Crippen LogP contribution in [0.2, 0.25) is 0 Å². The molecule has 0 bridgehead atoms. The highest BCUT2D eigenvalue weighted by Crippen LogP contribution is 2.23. The van der Waals surface area contributed by atoms with E-state index >= 15 is 0 Å². The highest BCUT2D eigenvalue weighted by molar-refractivity contribution is 5.97. The van der Waals surface area contributed by atoms with E-state index in [0.717, 1.165) is 11.5 Å². The molecule has 1 fully saturated rings. The summed E-state index contributed by atoms with van der Waals surface area (Å²) < 4.78 is 29.5. The Kier molecular flexibility index (Phi) is 5.11. The van der Waals surface area contributed by atoms with Gasteiger partial charge in [-0.15, -0.1) is 0 Å². The first kappa shape index (κ1) is 17.1. The Morgan fingerprint density at radius 2 is 1.80 bits per heavy atom. The molecule has 0 unspecified atom stereocenters. The van der Waals surface area contributed by atoms with Gasteiger partial charge in [0.15, 0.2) is 0 Å². The lowest BCUT2D eigenvalue weighted by atomic mass is 10.1. The fraction of sp³-hybridized carbons (Fsp3) is 0.333. The van der Waals surface area contributed by atoms with Crippen LogP contribution >= 0.6 is 0 Å². The van der Waals surface area contributed by atoms with Crippen LogP contribution in [0.25, 0.3) is 0 Å². The molecule has 1 aliphatic heterocycles. The standard InChI is InChI=1S/C18H19F2N3O2/c1-13-5-4-8-16(21-13)22-9-11-23(12-10-22)17(24)14-6-2-3-7-15(14)25-18(19)20/h2-8,18H,9-12H2,1H3. The van der Waals surface area contributed by atoms with Crippen LogP contribution in [0.3, 0.4) is 0 Å². The van der Waals surface area contributed by atoms with E-state index in [-0.39, 0.29) is 17.2 Å². The summed E-state index contributed by atoms with van der Waals surface area (Å²) in [5, 5.41) is 0. The monoisotopic (exact) mass is 347 g/mol. The van der Waals surface area contributed by atoms with Crippen molar-refractivity contribution in [3.05, 3.63) is 53.7 Å². The summed E-state index contributed by atoms with van der Waals surface area (Å²) in [7, 11) is 0. The van der Waals surface area contributed by atoms with Crippen LogP contribution in [-0.2, 0) is 0 Å². The summed E-state index contributed by atoms with van der Waals surface area (Å²) in [6.45, 7) is 1.25. The molecule has 3 rings (SSSR count). The Bertz CT molecular complexity index is 747. The zero-order valence-corrected chi connectivity index (χ0v) is 13.9. The molecular formula is C18H19F2N3O2. The van der Waals surface area contributed by atoms with E-state index in [1.165, 1.54) is 12.1 Å². The summed E-state index contributed by atoms with van der Waals surface area (Å²) in [4.78, 5) is 20.9. The van der Waals surface area contributed by atoms with E-state index in [2.05, 4.69) is 14.6 Å². The van der Waals surface area contributed by atoms with Crippen molar-refractivity contribution < 1.29 is 18.3 Å². The highest BCUT2D eigenvalue weighted by atomic mass is 19.3. The number of aromatic nitrogens is 1. The number of carbonyl (C=O) groups excluding carboxylic acids is 1. The Hall–Kier alpha value is -2.70. The van der Waals surface area contributed by atoms with Crippen LogP contribution in [0.4, 0.5) is 14.6 Å². The van der Waals surface area contributed by atoms with Crippen molar-refractivity contribution in [2.24, 2.45) is 0 Å². The molecule has 25 heavy (non-hydrogen) atoms. The van der Waals surface area contributed by atoms with Gasteiger partial charge in [0.1, 0.15) is 11.6 Å². The second kappa shape index (κ2) is 7.46. The summed E-state index contributed by atoms with van der Waals surface area (Å²) in [6, 6.07) is 11.9. The molecule has 2 aromatic rings. The lowest BCUT2D eigenvalue weighted by Crippen LogP contribution is -2.49. The lowest BCUT2D eigenvalue weighted by Gasteiger charge is -2.35. The SMILES string of the molecule is Cc1cccc(N2CCN(C(=O)c3ccccc3OC(F)F)CC2)n1. The molecule has 5 nitrogen and oxygen atoms in total. The fourth-order valence-electron chi connectivity index (χ4n) is 2.86. The zero-order chi connectivity index (χ0) is 17.8. The molecule has 0 radical (unpaired) electrons. The average molecular weight is 347 g/mol. The van der Waals surface area contributed by atoms with Gasteiger partial charge in [0.05, 0.1) is 5.56 Å². The van der Waals surface area contributed by atoms with Crippen LogP contribution in [0.5, 0.6) is 5.75 Å². The van der Waals surface area contributed by atoms with Gasteiger partial charge in [0.25, 0.3) is 5.91 Å². The predicted octanol–water partition coefficient (Wildman–Crippen LogP) is 2.95. The molecule has 1 saturated heterocycles. The second-order valence-electron chi connectivity index (χ2n) is 5.79. The van der Waals surface area contributed by atoms with Gasteiger partial charge in [-0.05, 0) is 31.2 Å². The third-order valence-corrected chi connectivity index (χ3v) is 4.10. The normalized spacial score (nSPS) is 14.7. The first-order chi connectivity index (χ1) is 12.0. The number of piperazine rings is 1. The summed E-state index contributed by atoms with van der Waals surface area (Å²) in [5.41, 5.74) is 1.10. The van der Waals surface area contributed by atoms with Crippen molar-refractivity contribution in [2.75, 3.05) is 31.1 Å². The van der Waals surface area contributed by atoms with Crippen LogP contribution in [0.1, 0.15) is 16.1 Å². The maximum atomic E-state index is 12.7. The van der Waals surface area contributed by atoms with Crippen molar-refractivity contribution in [3.63, 3.8) is 0 Å². The second-order valence-corrected chi connectivity index (χ2v) is 5.79. The molecule has 7 heteroatoms. The van der Waals surface area contributed by atoms with E-state index in [9.17, 15) is 13.6 Å². The lowest BCUT2D eigenvalue weighted by molar-refractivity contribution is -0.0502. The molecule has 1 aliphatic rings. The van der Waals surface area contributed by atoms with Crippen molar-refractivity contribution in [2.45, 2.75) is 13.5 Å². The minimum absolute atomic E-state index is 0.0923. The van der Waals surface area contributed by atoms with E-state index in [1.54, 1.807) is 17.0 Å². The number of amides is 1. The summed E-state index contributed by atoms with van der Waals surface area (Å²) in [5.74, 6) is 0.493. The molecule has 0 atom stereocenters. The van der Waals surface area contributed by atoms with Crippen molar-refractivity contribution in [3.8, 4) is 5.75 Å². The number of ether oxygens (including phenoxy) is 1. The largest absolute Gasteiger partial charge is 0.434 e. The molecule has 1 aromatic carbocycles. The number of hydrogen-bond acceptors (Lipinski definition) is 4. The number of benzene rings is 1. The topological polar surface area (TPSA) is 45.7 Å². The van der Waals surface area contributed by atoms with Crippen LogP contribution in [0.15, 0.2) is 42.5 Å². The number of rotatable bonds is 4. The first-order valence-corrected chi connectivity index (χ1v) is 8.06. The number of para-hydroxylation sites is 1. The van der Waals surface area contributed by atoms with E-state index in [0.29, 0.717) is 26.2 Å². The zero-order valence-electron chi connectivity index (χ0n) is 13.9. The van der Waals surface area contributed by atoms with Crippen molar-refractivity contribution in [1.82, 2.24) is 9.88 Å². The fourth-order valence-corrected chi connectivity index (χ4v) is 2.86. The van der Waals surface area contributed by atoms with Gasteiger partial charge in [-0.3, -0.25) is 4.79 Å². The molecule has 0 saturated carbocycles. The Morgan fingerprint density at radius 3 is 2.48 bits per heavy atom. The van der Waals surface area contributed by atoms with Crippen LogP contribution < -0.4 is 9.64 Å². The van der Waals surface area contributed by atoms with Gasteiger partial charge in [-0.25, -0.2) is 4.98 Å². The van der Waals surface area contributed by atoms with Gasteiger partial charge >= 0.3 is 6.61 Å². The Balaban J connectivity index is 1.68. The number of carbonyl (C=O) groups is 1. The number of alkyl halides is 2. The number of pyridine rings is 1. The number of aryl methyl sites for hydroxylation is 1.